The van der Waals surface area contributed by atoms with Crippen molar-refractivity contribution in [1.82, 2.24) is 0 Å². The molecule has 0 spiro atoms. The van der Waals surface area contributed by atoms with Gasteiger partial charge in [0.15, 0.2) is 9.84 Å². The Morgan fingerprint density at radius 2 is 1.88 bits per heavy atom. The van der Waals surface area contributed by atoms with Crippen molar-refractivity contribution >= 4 is 15.7 Å². The minimum Gasteiger partial charge on any atom is -0.387 e. The summed E-state index contributed by atoms with van der Waals surface area (Å²) < 4.78 is 22.4. The van der Waals surface area contributed by atoms with Gasteiger partial charge in [0.05, 0.1) is 17.3 Å². The molecule has 1 rings (SSSR count). The first kappa shape index (κ1) is 12.7. The summed E-state index contributed by atoms with van der Waals surface area (Å²) in [7, 11) is -3.12. The number of nitrogens with two attached hydrogens (primary N) is 1. The van der Waals surface area contributed by atoms with Crippen LogP contribution in [-0.2, 0) is 16.4 Å². The highest BCUT2D eigenvalue weighted by molar-refractivity contribution is 7.90. The first-order chi connectivity index (χ1) is 7.43. The molecule has 0 fully saturated rings. The van der Waals surface area contributed by atoms with Gasteiger partial charge in [-0.25, -0.2) is 8.42 Å². The number of hydrogen-bond acceptors (Lipinski definition) is 3. The van der Waals surface area contributed by atoms with E-state index in [2.05, 4.69) is 4.99 Å². The Bertz CT molecular complexity index is 475. The van der Waals surface area contributed by atoms with E-state index in [-0.39, 0.29) is 0 Å². The van der Waals surface area contributed by atoms with Crippen molar-refractivity contribution in [1.29, 1.82) is 0 Å². The molecule has 88 valence electrons. The highest BCUT2D eigenvalue weighted by Gasteiger charge is 2.05. The fraction of sp³-hybridized carbons (Fsp3) is 0.364. The topological polar surface area (TPSA) is 72.5 Å². The number of sulfone groups is 1. The van der Waals surface area contributed by atoms with Crippen LogP contribution in [0.15, 0.2) is 34.2 Å². The smallest absolute Gasteiger partial charge is 0.175 e. The Morgan fingerprint density at radius 1 is 1.31 bits per heavy atom. The van der Waals surface area contributed by atoms with Gasteiger partial charge in [-0.05, 0) is 17.7 Å². The maximum Gasteiger partial charge on any atom is 0.175 e. The molecule has 0 radical (unpaired) electrons. The zero-order valence-electron chi connectivity index (χ0n) is 9.47. The van der Waals surface area contributed by atoms with Crippen LogP contribution in [0.5, 0.6) is 0 Å². The SMILES string of the molecule is CCC(N)=NCc1ccc(S(C)(=O)=O)cc1. The third-order valence-electron chi connectivity index (χ3n) is 2.18. The van der Waals surface area contributed by atoms with Gasteiger partial charge in [-0.2, -0.15) is 0 Å². The van der Waals surface area contributed by atoms with Crippen molar-refractivity contribution in [3.05, 3.63) is 29.8 Å². The molecule has 0 bridgehead atoms. The first-order valence-electron chi connectivity index (χ1n) is 5.01. The molecule has 4 nitrogen and oxygen atoms in total. The summed E-state index contributed by atoms with van der Waals surface area (Å²) in [5.74, 6) is 0.604. The Kier molecular flexibility index (Phi) is 4.06. The molecule has 0 saturated carbocycles. The highest BCUT2D eigenvalue weighted by atomic mass is 32.2. The van der Waals surface area contributed by atoms with Crippen molar-refractivity contribution in [3.8, 4) is 0 Å². The van der Waals surface area contributed by atoms with Gasteiger partial charge in [0.1, 0.15) is 0 Å². The lowest BCUT2D eigenvalue weighted by molar-refractivity contribution is 0.602. The molecule has 0 saturated heterocycles. The molecule has 2 N–H and O–H groups in total. The predicted molar refractivity (Wildman–Crippen MR) is 65.2 cm³/mol. The molecule has 0 aromatic heterocycles. The van der Waals surface area contributed by atoms with Gasteiger partial charge < -0.3 is 5.73 Å². The second kappa shape index (κ2) is 5.12. The minimum absolute atomic E-state index is 0.323. The summed E-state index contributed by atoms with van der Waals surface area (Å²) in [4.78, 5) is 4.47. The third-order valence-corrected chi connectivity index (χ3v) is 3.31. The van der Waals surface area contributed by atoms with E-state index in [4.69, 9.17) is 5.73 Å². The average Bonchev–Trinajstić information content (AvgIpc) is 2.25. The van der Waals surface area contributed by atoms with Crippen molar-refractivity contribution in [2.45, 2.75) is 24.8 Å². The summed E-state index contributed by atoms with van der Waals surface area (Å²) in [5, 5.41) is 0. The van der Waals surface area contributed by atoms with Crippen LogP contribution >= 0.6 is 0 Å². The fourth-order valence-electron chi connectivity index (χ4n) is 1.15. The van der Waals surface area contributed by atoms with Crippen molar-refractivity contribution < 1.29 is 8.42 Å². The van der Waals surface area contributed by atoms with Crippen LogP contribution in [0.25, 0.3) is 0 Å². The number of amidine groups is 1. The highest BCUT2D eigenvalue weighted by Crippen LogP contribution is 2.10. The molecule has 1 aromatic rings. The number of aliphatic imine (C=N–C) groups is 1. The quantitative estimate of drug-likeness (QED) is 0.638. The van der Waals surface area contributed by atoms with Gasteiger partial charge >= 0.3 is 0 Å². The molecule has 0 aliphatic rings. The Morgan fingerprint density at radius 3 is 2.31 bits per heavy atom. The van der Waals surface area contributed by atoms with Gasteiger partial charge in [-0.1, -0.05) is 19.1 Å². The van der Waals surface area contributed by atoms with Gasteiger partial charge in [0, 0.05) is 12.7 Å². The van der Waals surface area contributed by atoms with Crippen LogP contribution in [-0.4, -0.2) is 20.5 Å². The minimum atomic E-state index is -3.12. The van der Waals surface area contributed by atoms with Gasteiger partial charge in [0.2, 0.25) is 0 Å². The summed E-state index contributed by atoms with van der Waals surface area (Å²) >= 11 is 0. The van der Waals surface area contributed by atoms with Crippen molar-refractivity contribution in [3.63, 3.8) is 0 Å². The fourth-order valence-corrected chi connectivity index (χ4v) is 1.78. The van der Waals surface area contributed by atoms with Crippen LogP contribution in [0.4, 0.5) is 0 Å². The summed E-state index contributed by atoms with van der Waals surface area (Å²) in [6.45, 7) is 2.43. The lowest BCUT2D eigenvalue weighted by Crippen LogP contribution is -2.09. The lowest BCUT2D eigenvalue weighted by atomic mass is 10.2. The molecule has 0 heterocycles. The molecule has 0 amide bonds. The van der Waals surface area contributed by atoms with E-state index < -0.39 is 9.84 Å². The van der Waals surface area contributed by atoms with Crippen molar-refractivity contribution in [2.24, 2.45) is 10.7 Å². The summed E-state index contributed by atoms with van der Waals surface area (Å²) in [6.07, 6.45) is 1.91. The van der Waals surface area contributed by atoms with Crippen LogP contribution < -0.4 is 5.73 Å². The second-order valence-corrected chi connectivity index (χ2v) is 5.59. The van der Waals surface area contributed by atoms with E-state index >= 15 is 0 Å². The summed E-state index contributed by atoms with van der Waals surface area (Å²) in [5.41, 5.74) is 6.52. The Balaban J connectivity index is 2.81. The van der Waals surface area contributed by atoms with E-state index in [9.17, 15) is 8.42 Å². The van der Waals surface area contributed by atoms with E-state index in [1.807, 2.05) is 6.92 Å². The number of nitrogens with zero attached hydrogens (tertiary/aromatic N) is 1. The maximum absolute atomic E-state index is 11.2. The van der Waals surface area contributed by atoms with Gasteiger partial charge in [-0.3, -0.25) is 4.99 Å². The molecule has 0 aliphatic heterocycles. The molecular weight excluding hydrogens is 224 g/mol. The monoisotopic (exact) mass is 240 g/mol. The van der Waals surface area contributed by atoms with E-state index in [1.54, 1.807) is 24.3 Å². The molecule has 0 aliphatic carbocycles. The van der Waals surface area contributed by atoms with Gasteiger partial charge in [0.25, 0.3) is 0 Å². The normalized spacial score (nSPS) is 12.8. The lowest BCUT2D eigenvalue weighted by Gasteiger charge is -2.01. The largest absolute Gasteiger partial charge is 0.387 e. The number of benzene rings is 1. The standard InChI is InChI=1S/C11H16N2O2S/c1-3-11(12)13-8-9-4-6-10(7-5-9)16(2,14)15/h4-7H,3,8H2,1-2H3,(H2,12,13). The second-order valence-electron chi connectivity index (χ2n) is 3.58. The van der Waals surface area contributed by atoms with Crippen LogP contribution in [0, 0.1) is 0 Å². The molecule has 16 heavy (non-hydrogen) atoms. The molecular formula is C11H16N2O2S. The molecule has 0 atom stereocenters. The zero-order valence-corrected chi connectivity index (χ0v) is 10.3. The molecule has 1 aromatic carbocycles. The van der Waals surface area contributed by atoms with E-state index in [0.717, 1.165) is 12.0 Å². The summed E-state index contributed by atoms with van der Waals surface area (Å²) in [6, 6.07) is 6.68. The molecule has 0 unspecified atom stereocenters. The zero-order chi connectivity index (χ0) is 12.2. The van der Waals surface area contributed by atoms with Crippen LogP contribution in [0.1, 0.15) is 18.9 Å². The van der Waals surface area contributed by atoms with E-state index in [1.165, 1.54) is 6.26 Å². The van der Waals surface area contributed by atoms with Crippen LogP contribution in [0.2, 0.25) is 0 Å². The maximum atomic E-state index is 11.2. The van der Waals surface area contributed by atoms with Crippen molar-refractivity contribution in [2.75, 3.05) is 6.26 Å². The first-order valence-corrected chi connectivity index (χ1v) is 6.90. The Labute approximate surface area is 96.1 Å². The third kappa shape index (κ3) is 3.66. The number of hydrogen-bond donors (Lipinski definition) is 1. The van der Waals surface area contributed by atoms with E-state index in [0.29, 0.717) is 17.3 Å². The number of rotatable bonds is 4. The average molecular weight is 240 g/mol. The predicted octanol–water partition coefficient (Wildman–Crippen LogP) is 1.36. The van der Waals surface area contributed by atoms with Crippen LogP contribution in [0.3, 0.4) is 0 Å². The Hall–Kier alpha value is -1.36. The molecule has 5 heteroatoms. The van der Waals surface area contributed by atoms with Gasteiger partial charge in [-0.15, -0.1) is 0 Å².